The van der Waals surface area contributed by atoms with Crippen molar-refractivity contribution in [2.24, 2.45) is 0 Å². The number of aryl methyl sites for hydroxylation is 1. The maximum absolute atomic E-state index is 13.4. The fourth-order valence-corrected chi connectivity index (χ4v) is 6.46. The molecule has 0 bridgehead atoms. The van der Waals surface area contributed by atoms with E-state index in [0.717, 1.165) is 13.0 Å². The summed E-state index contributed by atoms with van der Waals surface area (Å²) in [5, 5.41) is 3.00. The topological polar surface area (TPSA) is 43.9 Å². The van der Waals surface area contributed by atoms with Gasteiger partial charge in [0, 0.05) is 42.6 Å². The van der Waals surface area contributed by atoms with Crippen LogP contribution in [0.2, 0.25) is 10.0 Å². The molecule has 1 saturated heterocycles. The molecular weight excluding hydrogens is 501 g/mol. The van der Waals surface area contributed by atoms with Crippen molar-refractivity contribution < 1.29 is 9.59 Å². The molecule has 5 nitrogen and oxygen atoms in total. The van der Waals surface area contributed by atoms with E-state index >= 15 is 0 Å². The summed E-state index contributed by atoms with van der Waals surface area (Å²) >= 11 is 14.0. The number of thiophene rings is 1. The average Bonchev–Trinajstić information content (AvgIpc) is 3.33. The molecule has 0 N–H and O–H groups in total. The number of amides is 2. The van der Waals surface area contributed by atoms with E-state index in [-0.39, 0.29) is 17.9 Å². The molecule has 3 heterocycles. The molecule has 0 saturated carbocycles. The fourth-order valence-electron chi connectivity index (χ4n) is 5.06. The highest BCUT2D eigenvalue weighted by Crippen LogP contribution is 2.38. The maximum atomic E-state index is 13.4. The number of rotatable bonds is 4. The molecule has 0 radical (unpaired) electrons. The van der Waals surface area contributed by atoms with E-state index in [1.165, 1.54) is 21.6 Å². The van der Waals surface area contributed by atoms with Crippen molar-refractivity contribution in [3.63, 3.8) is 0 Å². The number of hydrogen-bond acceptors (Lipinski definition) is 4. The standard InChI is InChI=1S/C27H27Cl2N3O2S/c1-18-4-2-3-5-20(18)26-22-9-15-35-24(22)8-10-32(26)17-25(33)30-11-13-31(14-12-30)27(34)21-7-6-19(28)16-23(21)29/h2-7,9,15-16,26H,8,10-14,17H2,1H3. The van der Waals surface area contributed by atoms with Crippen LogP contribution < -0.4 is 0 Å². The van der Waals surface area contributed by atoms with Crippen LogP contribution in [-0.4, -0.2) is 65.8 Å². The van der Waals surface area contributed by atoms with Crippen molar-refractivity contribution in [3.8, 4) is 0 Å². The van der Waals surface area contributed by atoms with Crippen LogP contribution in [0.15, 0.2) is 53.9 Å². The third-order valence-electron chi connectivity index (χ3n) is 6.97. The van der Waals surface area contributed by atoms with Crippen molar-refractivity contribution >= 4 is 46.4 Å². The zero-order valence-corrected chi connectivity index (χ0v) is 21.9. The predicted molar refractivity (Wildman–Crippen MR) is 142 cm³/mol. The normalized spacial score (nSPS) is 18.4. The summed E-state index contributed by atoms with van der Waals surface area (Å²) in [7, 11) is 0. The summed E-state index contributed by atoms with van der Waals surface area (Å²) in [5.74, 6) is -0.0155. The van der Waals surface area contributed by atoms with E-state index in [2.05, 4.69) is 47.5 Å². The van der Waals surface area contributed by atoms with E-state index in [1.807, 2.05) is 4.90 Å². The van der Waals surface area contributed by atoms with E-state index in [4.69, 9.17) is 23.2 Å². The molecule has 5 rings (SSSR count). The van der Waals surface area contributed by atoms with Gasteiger partial charge in [0.25, 0.3) is 5.91 Å². The number of nitrogens with zero attached hydrogens (tertiary/aromatic N) is 3. The summed E-state index contributed by atoms with van der Waals surface area (Å²) in [5.41, 5.74) is 4.26. The van der Waals surface area contributed by atoms with Crippen molar-refractivity contribution in [1.29, 1.82) is 0 Å². The minimum Gasteiger partial charge on any atom is -0.338 e. The number of hydrogen-bond donors (Lipinski definition) is 0. The van der Waals surface area contributed by atoms with Crippen LogP contribution in [-0.2, 0) is 11.2 Å². The van der Waals surface area contributed by atoms with Crippen LogP contribution in [0.4, 0.5) is 0 Å². The Hall–Kier alpha value is -2.38. The summed E-state index contributed by atoms with van der Waals surface area (Å²) < 4.78 is 0. The third kappa shape index (κ3) is 4.98. The van der Waals surface area contributed by atoms with Gasteiger partial charge in [-0.15, -0.1) is 11.3 Å². The Morgan fingerprint density at radius 2 is 1.69 bits per heavy atom. The smallest absolute Gasteiger partial charge is 0.255 e. The van der Waals surface area contributed by atoms with Crippen LogP contribution >= 0.6 is 34.5 Å². The Bertz CT molecular complexity index is 1250. The third-order valence-corrected chi connectivity index (χ3v) is 8.51. The average molecular weight is 529 g/mol. The molecule has 2 aliphatic rings. The molecule has 35 heavy (non-hydrogen) atoms. The predicted octanol–water partition coefficient (Wildman–Crippen LogP) is 5.30. The first-order chi connectivity index (χ1) is 16.9. The molecule has 2 aliphatic heterocycles. The first-order valence-corrected chi connectivity index (χ1v) is 13.4. The lowest BCUT2D eigenvalue weighted by molar-refractivity contribution is -0.134. The SMILES string of the molecule is Cc1ccccc1C1c2ccsc2CCN1CC(=O)N1CCN(C(=O)c2ccc(Cl)cc2Cl)CC1. The zero-order chi connectivity index (χ0) is 24.5. The van der Waals surface area contributed by atoms with E-state index in [0.29, 0.717) is 48.3 Å². The fraction of sp³-hybridized carbons (Fsp3) is 0.333. The first-order valence-electron chi connectivity index (χ1n) is 11.8. The van der Waals surface area contributed by atoms with Crippen LogP contribution in [0.5, 0.6) is 0 Å². The van der Waals surface area contributed by atoms with Gasteiger partial charge in [-0.2, -0.15) is 0 Å². The van der Waals surface area contributed by atoms with Gasteiger partial charge in [0.15, 0.2) is 0 Å². The molecule has 0 spiro atoms. The Morgan fingerprint density at radius 1 is 0.943 bits per heavy atom. The van der Waals surface area contributed by atoms with Crippen LogP contribution in [0.3, 0.4) is 0 Å². The number of fused-ring (bicyclic) bond motifs is 1. The second-order valence-electron chi connectivity index (χ2n) is 9.08. The summed E-state index contributed by atoms with van der Waals surface area (Å²) in [4.78, 5) is 33.7. The van der Waals surface area contributed by atoms with Crippen LogP contribution in [0, 0.1) is 6.92 Å². The molecule has 3 aromatic rings. The molecular formula is C27H27Cl2N3O2S. The molecule has 2 amide bonds. The lowest BCUT2D eigenvalue weighted by Crippen LogP contribution is -2.53. The van der Waals surface area contributed by atoms with Gasteiger partial charge in [0.05, 0.1) is 23.2 Å². The highest BCUT2D eigenvalue weighted by Gasteiger charge is 2.33. The second-order valence-corrected chi connectivity index (χ2v) is 10.9. The molecule has 2 aromatic carbocycles. The highest BCUT2D eigenvalue weighted by molar-refractivity contribution is 7.10. The lowest BCUT2D eigenvalue weighted by atomic mass is 9.90. The van der Waals surface area contributed by atoms with Crippen molar-refractivity contribution in [2.75, 3.05) is 39.3 Å². The minimum absolute atomic E-state index is 0.0880. The summed E-state index contributed by atoms with van der Waals surface area (Å²) in [6, 6.07) is 15.7. The molecule has 182 valence electrons. The van der Waals surface area contributed by atoms with Gasteiger partial charge in [0.1, 0.15) is 0 Å². The maximum Gasteiger partial charge on any atom is 0.255 e. The molecule has 8 heteroatoms. The van der Waals surface area contributed by atoms with Gasteiger partial charge in [-0.05, 0) is 59.7 Å². The Balaban J connectivity index is 1.26. The van der Waals surface area contributed by atoms with Gasteiger partial charge in [-0.25, -0.2) is 0 Å². The summed E-state index contributed by atoms with van der Waals surface area (Å²) in [6.07, 6.45) is 0.965. The second kappa shape index (κ2) is 10.3. The van der Waals surface area contributed by atoms with Gasteiger partial charge in [0.2, 0.25) is 5.91 Å². The number of piperazine rings is 1. The number of carbonyl (C=O) groups excluding carboxylic acids is 2. The van der Waals surface area contributed by atoms with E-state index in [1.54, 1.807) is 34.4 Å². The van der Waals surface area contributed by atoms with Crippen molar-refractivity contribution in [1.82, 2.24) is 14.7 Å². The lowest BCUT2D eigenvalue weighted by Gasteiger charge is -2.39. The Kier molecular flexibility index (Phi) is 7.17. The van der Waals surface area contributed by atoms with Crippen LogP contribution in [0.1, 0.15) is 38.0 Å². The number of benzene rings is 2. The Morgan fingerprint density at radius 3 is 2.43 bits per heavy atom. The molecule has 1 fully saturated rings. The van der Waals surface area contributed by atoms with Gasteiger partial charge in [-0.1, -0.05) is 47.5 Å². The Labute approximate surface area is 219 Å². The molecule has 1 atom stereocenters. The number of halogens is 2. The van der Waals surface area contributed by atoms with E-state index < -0.39 is 0 Å². The monoisotopic (exact) mass is 527 g/mol. The van der Waals surface area contributed by atoms with Crippen molar-refractivity contribution in [3.05, 3.63) is 91.1 Å². The zero-order valence-electron chi connectivity index (χ0n) is 19.5. The van der Waals surface area contributed by atoms with E-state index in [9.17, 15) is 9.59 Å². The van der Waals surface area contributed by atoms with Crippen molar-refractivity contribution in [2.45, 2.75) is 19.4 Å². The molecule has 1 unspecified atom stereocenters. The van der Waals surface area contributed by atoms with Gasteiger partial charge < -0.3 is 9.80 Å². The highest BCUT2D eigenvalue weighted by atomic mass is 35.5. The van der Waals surface area contributed by atoms with Gasteiger partial charge >= 0.3 is 0 Å². The minimum atomic E-state index is -0.126. The molecule has 0 aliphatic carbocycles. The number of carbonyl (C=O) groups is 2. The first kappa shape index (κ1) is 24.3. The summed E-state index contributed by atoms with van der Waals surface area (Å²) in [6.45, 7) is 5.36. The quantitative estimate of drug-likeness (QED) is 0.462. The molecule has 1 aromatic heterocycles. The van der Waals surface area contributed by atoms with Gasteiger partial charge in [-0.3, -0.25) is 14.5 Å². The largest absolute Gasteiger partial charge is 0.338 e. The van der Waals surface area contributed by atoms with Crippen LogP contribution in [0.25, 0.3) is 0 Å².